The molecule has 0 radical (unpaired) electrons. The van der Waals surface area contributed by atoms with Gasteiger partial charge in [-0.3, -0.25) is 4.79 Å². The number of aryl methyl sites for hydroxylation is 1. The summed E-state index contributed by atoms with van der Waals surface area (Å²) >= 11 is 5.93. The Morgan fingerprint density at radius 1 is 1.18 bits per heavy atom. The van der Waals surface area contributed by atoms with Crippen molar-refractivity contribution in [2.24, 2.45) is 0 Å². The molecule has 0 saturated carbocycles. The Bertz CT molecular complexity index is 659. The van der Waals surface area contributed by atoms with Gasteiger partial charge < -0.3 is 15.4 Å². The molecule has 0 bridgehead atoms. The van der Waals surface area contributed by atoms with Crippen LogP contribution in [0.3, 0.4) is 0 Å². The van der Waals surface area contributed by atoms with Gasteiger partial charge in [-0.15, -0.1) is 0 Å². The van der Waals surface area contributed by atoms with E-state index in [9.17, 15) is 4.79 Å². The first-order valence-corrected chi connectivity index (χ1v) is 7.45. The third-order valence-corrected chi connectivity index (χ3v) is 3.62. The largest absolute Gasteiger partial charge is 0.489 e. The molecule has 0 aliphatic carbocycles. The van der Waals surface area contributed by atoms with Gasteiger partial charge in [0.05, 0.1) is 0 Å². The maximum atomic E-state index is 12.2. The van der Waals surface area contributed by atoms with Gasteiger partial charge in [0.25, 0.3) is 5.91 Å². The average molecular weight is 318 g/mol. The zero-order valence-corrected chi connectivity index (χ0v) is 13.0. The minimum absolute atomic E-state index is 0.140. The number of carbonyl (C=O) groups is 1. The first kappa shape index (κ1) is 16.6. The summed E-state index contributed by atoms with van der Waals surface area (Å²) in [5.41, 5.74) is 2.45. The fourth-order valence-corrected chi connectivity index (χ4v) is 2.40. The number of amides is 1. The maximum absolute atomic E-state index is 12.2. The fourth-order valence-electron chi connectivity index (χ4n) is 2.12. The van der Waals surface area contributed by atoms with Gasteiger partial charge in [-0.2, -0.15) is 0 Å². The summed E-state index contributed by atoms with van der Waals surface area (Å²) in [4.78, 5) is 12.2. The molecule has 2 rings (SSSR count). The number of halogens is 1. The van der Waals surface area contributed by atoms with Gasteiger partial charge in [-0.25, -0.2) is 0 Å². The maximum Gasteiger partial charge on any atom is 0.489 e. The van der Waals surface area contributed by atoms with E-state index < -0.39 is 7.12 Å². The van der Waals surface area contributed by atoms with Gasteiger partial charge in [0.1, 0.15) is 0 Å². The third-order valence-electron chi connectivity index (χ3n) is 3.29. The molecule has 22 heavy (non-hydrogen) atoms. The van der Waals surface area contributed by atoms with Crippen molar-refractivity contribution >= 4 is 35.8 Å². The summed E-state index contributed by atoms with van der Waals surface area (Å²) < 4.78 is 0. The molecule has 4 nitrogen and oxygen atoms in total. The SMILES string of the molecule is CCCc1ccc(NC(=O)c2ccc(B(O)O)c(Cl)c2)cc1. The lowest BCUT2D eigenvalue weighted by atomic mass is 9.80. The van der Waals surface area contributed by atoms with Gasteiger partial charge >= 0.3 is 7.12 Å². The number of anilines is 1. The Labute approximate surface area is 134 Å². The Kier molecular flexibility index (Phi) is 5.60. The average Bonchev–Trinajstić information content (AvgIpc) is 2.49. The van der Waals surface area contributed by atoms with Crippen LogP contribution in [-0.4, -0.2) is 23.1 Å². The van der Waals surface area contributed by atoms with Crippen molar-refractivity contribution in [1.82, 2.24) is 0 Å². The Balaban J connectivity index is 2.10. The lowest BCUT2D eigenvalue weighted by Gasteiger charge is -2.08. The van der Waals surface area contributed by atoms with E-state index in [1.54, 1.807) is 0 Å². The number of carbonyl (C=O) groups excluding carboxylic acids is 1. The predicted molar refractivity (Wildman–Crippen MR) is 89.7 cm³/mol. The highest BCUT2D eigenvalue weighted by Gasteiger charge is 2.17. The number of hydrogen-bond donors (Lipinski definition) is 3. The Hall–Kier alpha value is -1.82. The zero-order chi connectivity index (χ0) is 16.1. The van der Waals surface area contributed by atoms with Crippen molar-refractivity contribution in [3.05, 3.63) is 58.6 Å². The van der Waals surface area contributed by atoms with Crippen molar-refractivity contribution in [3.8, 4) is 0 Å². The second kappa shape index (κ2) is 7.45. The van der Waals surface area contributed by atoms with Crippen molar-refractivity contribution in [1.29, 1.82) is 0 Å². The van der Waals surface area contributed by atoms with Crippen LogP contribution in [-0.2, 0) is 6.42 Å². The van der Waals surface area contributed by atoms with Crippen LogP contribution >= 0.6 is 11.6 Å². The molecule has 1 amide bonds. The van der Waals surface area contributed by atoms with Crippen LogP contribution in [0.2, 0.25) is 5.02 Å². The van der Waals surface area contributed by atoms with Crippen molar-refractivity contribution in [2.75, 3.05) is 5.32 Å². The molecule has 0 fully saturated rings. The molecule has 0 atom stereocenters. The van der Waals surface area contributed by atoms with E-state index in [0.717, 1.165) is 12.8 Å². The number of benzene rings is 2. The van der Waals surface area contributed by atoms with Crippen LogP contribution in [0.5, 0.6) is 0 Å². The molecule has 3 N–H and O–H groups in total. The summed E-state index contributed by atoms with van der Waals surface area (Å²) in [5, 5.41) is 21.1. The monoisotopic (exact) mass is 317 g/mol. The molecule has 114 valence electrons. The van der Waals surface area contributed by atoms with Gasteiger partial charge in [-0.05, 0) is 36.2 Å². The van der Waals surface area contributed by atoms with E-state index in [2.05, 4.69) is 12.2 Å². The van der Waals surface area contributed by atoms with Crippen molar-refractivity contribution in [3.63, 3.8) is 0 Å². The molecule has 2 aromatic rings. The number of hydrogen-bond acceptors (Lipinski definition) is 3. The molecule has 0 unspecified atom stereocenters. The van der Waals surface area contributed by atoms with E-state index in [1.807, 2.05) is 24.3 Å². The van der Waals surface area contributed by atoms with Crippen LogP contribution < -0.4 is 10.8 Å². The van der Waals surface area contributed by atoms with Crippen LogP contribution in [0.1, 0.15) is 29.3 Å². The topological polar surface area (TPSA) is 69.6 Å². The summed E-state index contributed by atoms with van der Waals surface area (Å²) in [5.74, 6) is -0.302. The van der Waals surface area contributed by atoms with Gasteiger partial charge in [-0.1, -0.05) is 43.1 Å². The lowest BCUT2D eigenvalue weighted by Crippen LogP contribution is -2.31. The highest BCUT2D eigenvalue weighted by molar-refractivity contribution is 6.62. The first-order chi connectivity index (χ1) is 10.5. The lowest BCUT2D eigenvalue weighted by molar-refractivity contribution is 0.102. The zero-order valence-electron chi connectivity index (χ0n) is 12.2. The highest BCUT2D eigenvalue weighted by atomic mass is 35.5. The smallest absolute Gasteiger partial charge is 0.423 e. The summed E-state index contributed by atoms with van der Waals surface area (Å²) in [6, 6.07) is 12.0. The first-order valence-electron chi connectivity index (χ1n) is 7.07. The molecule has 2 aromatic carbocycles. The second-order valence-electron chi connectivity index (χ2n) is 5.01. The standard InChI is InChI=1S/C16H17BClNO3/c1-2-3-11-4-7-13(8-5-11)19-16(20)12-6-9-14(17(21)22)15(18)10-12/h4-10,21-22H,2-3H2,1H3,(H,19,20). The molecule has 0 spiro atoms. The van der Waals surface area contributed by atoms with E-state index in [4.69, 9.17) is 21.6 Å². The van der Waals surface area contributed by atoms with E-state index in [1.165, 1.54) is 23.8 Å². The number of rotatable bonds is 5. The fraction of sp³-hybridized carbons (Fsp3) is 0.188. The van der Waals surface area contributed by atoms with Crippen molar-refractivity contribution < 1.29 is 14.8 Å². The van der Waals surface area contributed by atoms with Gasteiger partial charge in [0, 0.05) is 21.7 Å². The molecule has 6 heteroatoms. The van der Waals surface area contributed by atoms with Gasteiger partial charge in [0.15, 0.2) is 0 Å². The molecule has 0 aromatic heterocycles. The molecule has 0 aliphatic rings. The third kappa shape index (κ3) is 4.10. The highest BCUT2D eigenvalue weighted by Crippen LogP contribution is 2.14. The van der Waals surface area contributed by atoms with Crippen LogP contribution in [0.25, 0.3) is 0 Å². The molecule has 0 saturated heterocycles. The second-order valence-corrected chi connectivity index (χ2v) is 5.42. The quantitative estimate of drug-likeness (QED) is 0.741. The predicted octanol–water partition coefficient (Wildman–Crippen LogP) is 2.22. The summed E-state index contributed by atoms with van der Waals surface area (Å²) in [6.45, 7) is 2.12. The van der Waals surface area contributed by atoms with Crippen LogP contribution in [0.15, 0.2) is 42.5 Å². The Morgan fingerprint density at radius 3 is 2.41 bits per heavy atom. The molecule has 0 aliphatic heterocycles. The van der Waals surface area contributed by atoms with E-state index in [-0.39, 0.29) is 16.4 Å². The van der Waals surface area contributed by atoms with Crippen LogP contribution in [0.4, 0.5) is 5.69 Å². The Morgan fingerprint density at radius 2 is 1.86 bits per heavy atom. The van der Waals surface area contributed by atoms with E-state index in [0.29, 0.717) is 11.3 Å². The summed E-state index contributed by atoms with van der Waals surface area (Å²) in [7, 11) is -1.66. The molecule has 0 heterocycles. The molecular weight excluding hydrogens is 300 g/mol. The summed E-state index contributed by atoms with van der Waals surface area (Å²) in [6.07, 6.45) is 2.09. The number of nitrogens with one attached hydrogen (secondary N) is 1. The van der Waals surface area contributed by atoms with E-state index >= 15 is 0 Å². The minimum Gasteiger partial charge on any atom is -0.423 e. The minimum atomic E-state index is -1.66. The van der Waals surface area contributed by atoms with Crippen LogP contribution in [0, 0.1) is 0 Å². The van der Waals surface area contributed by atoms with Crippen molar-refractivity contribution in [2.45, 2.75) is 19.8 Å². The van der Waals surface area contributed by atoms with Gasteiger partial charge in [0.2, 0.25) is 0 Å². The molecular formula is C16H17BClNO3. The normalized spacial score (nSPS) is 10.4.